The van der Waals surface area contributed by atoms with Crippen LogP contribution in [0.3, 0.4) is 0 Å². The minimum Gasteiger partial charge on any atom is -0.459 e. The average Bonchev–Trinajstić information content (AvgIpc) is 3.58. The molecule has 0 fully saturated rings. The summed E-state index contributed by atoms with van der Waals surface area (Å²) in [5, 5.41) is 2.64. The Hall–Kier alpha value is -4.34. The Labute approximate surface area is 203 Å². The Morgan fingerprint density at radius 2 is 1.78 bits per heavy atom. The lowest BCUT2D eigenvalue weighted by Gasteiger charge is -2.13. The number of hydrogen-bond acceptors (Lipinski definition) is 5. The number of fused-ring (bicyclic) bond motifs is 1. The number of furan rings is 1. The lowest BCUT2D eigenvalue weighted by atomic mass is 9.94. The van der Waals surface area contributed by atoms with E-state index in [1.54, 1.807) is 24.4 Å². The highest BCUT2D eigenvalue weighted by molar-refractivity contribution is 6.02. The zero-order valence-corrected chi connectivity index (χ0v) is 19.6. The molecular weight excluding hydrogens is 473 g/mol. The normalized spacial score (nSPS) is 12.3. The molecule has 36 heavy (non-hydrogen) atoms. The second-order valence-corrected chi connectivity index (χ2v) is 9.23. The van der Waals surface area contributed by atoms with Crippen molar-refractivity contribution in [2.75, 3.05) is 5.32 Å². The summed E-state index contributed by atoms with van der Waals surface area (Å²) >= 11 is 0. The molecule has 0 bridgehead atoms. The molecule has 1 amide bonds. The number of imidazole rings is 1. The average molecular weight is 494 g/mol. The predicted molar refractivity (Wildman–Crippen MR) is 127 cm³/mol. The molecule has 7 nitrogen and oxygen atoms in total. The standard InChI is InChI=1S/C26H21F3N4O3/c1-25(2,3)21-14-30-23(36-21)15-6-11-19-18(13-15)32-24(26(27,28)29)33(19)17-9-7-16(8-10-17)31-22(34)20-5-4-12-35-20/h4-14H,1-3H3,(H,31,34). The molecule has 0 aliphatic carbocycles. The van der Waals surface area contributed by atoms with E-state index in [9.17, 15) is 18.0 Å². The molecule has 0 saturated heterocycles. The monoisotopic (exact) mass is 494 g/mol. The highest BCUT2D eigenvalue weighted by Gasteiger charge is 2.38. The largest absolute Gasteiger partial charge is 0.459 e. The van der Waals surface area contributed by atoms with Crippen molar-refractivity contribution in [3.05, 3.63) is 84.4 Å². The van der Waals surface area contributed by atoms with Crippen LogP contribution in [0, 0.1) is 0 Å². The van der Waals surface area contributed by atoms with Gasteiger partial charge in [-0.1, -0.05) is 20.8 Å². The maximum absolute atomic E-state index is 14.0. The van der Waals surface area contributed by atoms with Crippen LogP contribution in [0.15, 0.2) is 75.9 Å². The summed E-state index contributed by atoms with van der Waals surface area (Å²) in [5.41, 5.74) is 1.31. The van der Waals surface area contributed by atoms with Crippen LogP contribution < -0.4 is 5.32 Å². The number of carbonyl (C=O) groups is 1. The van der Waals surface area contributed by atoms with E-state index in [2.05, 4.69) is 15.3 Å². The van der Waals surface area contributed by atoms with Gasteiger partial charge in [-0.2, -0.15) is 13.2 Å². The first-order chi connectivity index (χ1) is 17.0. The minimum atomic E-state index is -4.70. The molecule has 10 heteroatoms. The lowest BCUT2D eigenvalue weighted by Crippen LogP contribution is -2.14. The topological polar surface area (TPSA) is 86.1 Å². The van der Waals surface area contributed by atoms with E-state index in [-0.39, 0.29) is 27.9 Å². The van der Waals surface area contributed by atoms with Crippen LogP contribution in [0.25, 0.3) is 28.2 Å². The van der Waals surface area contributed by atoms with Crippen molar-refractivity contribution in [1.29, 1.82) is 0 Å². The van der Waals surface area contributed by atoms with Crippen molar-refractivity contribution in [3.8, 4) is 17.1 Å². The molecule has 5 rings (SSSR count). The number of rotatable bonds is 4. The third-order valence-corrected chi connectivity index (χ3v) is 5.53. The fraction of sp³-hybridized carbons (Fsp3) is 0.192. The molecule has 0 unspecified atom stereocenters. The van der Waals surface area contributed by atoms with Crippen molar-refractivity contribution in [2.45, 2.75) is 32.4 Å². The Morgan fingerprint density at radius 3 is 2.39 bits per heavy atom. The number of aromatic nitrogens is 3. The molecule has 0 spiro atoms. The summed E-state index contributed by atoms with van der Waals surface area (Å²) in [5.74, 6) is -0.439. The molecule has 0 aliphatic rings. The van der Waals surface area contributed by atoms with Crippen LogP contribution in [0.4, 0.5) is 18.9 Å². The number of nitrogens with one attached hydrogen (secondary N) is 1. The molecule has 184 valence electrons. The maximum atomic E-state index is 14.0. The van der Waals surface area contributed by atoms with Gasteiger partial charge in [0, 0.05) is 22.4 Å². The number of hydrogen-bond donors (Lipinski definition) is 1. The summed E-state index contributed by atoms with van der Waals surface area (Å²) < 4.78 is 53.8. The first kappa shape index (κ1) is 23.4. The lowest BCUT2D eigenvalue weighted by molar-refractivity contribution is -0.145. The third-order valence-electron chi connectivity index (χ3n) is 5.53. The SMILES string of the molecule is CC(C)(C)c1cnc(-c2ccc3c(c2)nc(C(F)(F)F)n3-c2ccc(NC(=O)c3ccco3)cc2)o1. The molecule has 5 aromatic rings. The first-order valence-corrected chi connectivity index (χ1v) is 11.0. The minimum absolute atomic E-state index is 0.121. The Kier molecular flexibility index (Phi) is 5.46. The van der Waals surface area contributed by atoms with E-state index in [0.29, 0.717) is 22.9 Å². The maximum Gasteiger partial charge on any atom is 0.450 e. The van der Waals surface area contributed by atoms with Crippen LogP contribution in [0.1, 0.15) is 42.9 Å². The number of oxazole rings is 1. The van der Waals surface area contributed by atoms with Gasteiger partial charge in [0.2, 0.25) is 11.7 Å². The van der Waals surface area contributed by atoms with E-state index in [1.807, 2.05) is 20.8 Å². The number of alkyl halides is 3. The molecule has 3 aromatic heterocycles. The van der Waals surface area contributed by atoms with Crippen molar-refractivity contribution in [2.24, 2.45) is 0 Å². The number of benzene rings is 2. The van der Waals surface area contributed by atoms with E-state index >= 15 is 0 Å². The highest BCUT2D eigenvalue weighted by Crippen LogP contribution is 2.36. The number of halogens is 3. The number of amides is 1. The van der Waals surface area contributed by atoms with E-state index in [4.69, 9.17) is 8.83 Å². The number of carbonyl (C=O) groups excluding carboxylic acids is 1. The molecule has 3 heterocycles. The first-order valence-electron chi connectivity index (χ1n) is 11.0. The van der Waals surface area contributed by atoms with E-state index in [1.165, 1.54) is 42.7 Å². The molecule has 1 N–H and O–H groups in total. The molecular formula is C26H21F3N4O3. The van der Waals surface area contributed by atoms with Crippen molar-refractivity contribution in [1.82, 2.24) is 14.5 Å². The summed E-state index contributed by atoms with van der Waals surface area (Å²) in [7, 11) is 0. The van der Waals surface area contributed by atoms with Crippen LogP contribution >= 0.6 is 0 Å². The number of anilines is 1. The second-order valence-electron chi connectivity index (χ2n) is 9.23. The van der Waals surface area contributed by atoms with Crippen LogP contribution in [-0.2, 0) is 11.6 Å². The van der Waals surface area contributed by atoms with Crippen LogP contribution in [-0.4, -0.2) is 20.4 Å². The number of nitrogens with zero attached hydrogens (tertiary/aromatic N) is 3. The molecule has 0 saturated carbocycles. The second kappa shape index (κ2) is 8.40. The smallest absolute Gasteiger partial charge is 0.450 e. The molecule has 2 aromatic carbocycles. The Balaban J connectivity index is 1.52. The van der Waals surface area contributed by atoms with E-state index < -0.39 is 17.9 Å². The quantitative estimate of drug-likeness (QED) is 0.296. The van der Waals surface area contributed by atoms with Gasteiger partial charge < -0.3 is 14.2 Å². The summed E-state index contributed by atoms with van der Waals surface area (Å²) in [4.78, 5) is 20.3. The zero-order valence-electron chi connectivity index (χ0n) is 19.6. The van der Waals surface area contributed by atoms with Gasteiger partial charge in [-0.3, -0.25) is 9.36 Å². The van der Waals surface area contributed by atoms with Gasteiger partial charge in [0.1, 0.15) is 5.76 Å². The van der Waals surface area contributed by atoms with Crippen molar-refractivity contribution in [3.63, 3.8) is 0 Å². The van der Waals surface area contributed by atoms with Gasteiger partial charge in [-0.15, -0.1) is 0 Å². The fourth-order valence-corrected chi connectivity index (χ4v) is 3.71. The summed E-state index contributed by atoms with van der Waals surface area (Å²) in [6.45, 7) is 5.93. The highest BCUT2D eigenvalue weighted by atomic mass is 19.4. The predicted octanol–water partition coefficient (Wildman–Crippen LogP) is 6.84. The van der Waals surface area contributed by atoms with Gasteiger partial charge in [-0.05, 0) is 54.6 Å². The van der Waals surface area contributed by atoms with Gasteiger partial charge in [0.25, 0.3) is 5.91 Å². The van der Waals surface area contributed by atoms with Crippen molar-refractivity contribution < 1.29 is 26.8 Å². The third kappa shape index (κ3) is 4.37. The van der Waals surface area contributed by atoms with Gasteiger partial charge in [-0.25, -0.2) is 9.97 Å². The fourth-order valence-electron chi connectivity index (χ4n) is 3.71. The van der Waals surface area contributed by atoms with Crippen LogP contribution in [0.2, 0.25) is 0 Å². The van der Waals surface area contributed by atoms with Crippen LogP contribution in [0.5, 0.6) is 0 Å². The summed E-state index contributed by atoms with van der Waals surface area (Å²) in [6, 6.07) is 13.8. The summed E-state index contributed by atoms with van der Waals surface area (Å²) in [6.07, 6.45) is -1.71. The van der Waals surface area contributed by atoms with Gasteiger partial charge in [0.15, 0.2) is 5.76 Å². The Bertz CT molecular complexity index is 1540. The van der Waals surface area contributed by atoms with Crippen molar-refractivity contribution >= 4 is 22.6 Å². The van der Waals surface area contributed by atoms with Gasteiger partial charge >= 0.3 is 6.18 Å². The molecule has 0 aliphatic heterocycles. The Morgan fingerprint density at radius 1 is 1.03 bits per heavy atom. The molecule has 0 radical (unpaired) electrons. The van der Waals surface area contributed by atoms with Gasteiger partial charge in [0.05, 0.1) is 23.5 Å². The molecule has 0 atom stereocenters. The zero-order chi connectivity index (χ0) is 25.7. The van der Waals surface area contributed by atoms with E-state index in [0.717, 1.165) is 4.57 Å².